The zero-order valence-electron chi connectivity index (χ0n) is 22.1. The maximum absolute atomic E-state index is 15.8. The highest BCUT2D eigenvalue weighted by atomic mass is 19.1. The summed E-state index contributed by atoms with van der Waals surface area (Å²) in [6.45, 7) is 6.77. The molecule has 5 aromatic rings. The molecule has 4 heterocycles. The van der Waals surface area contributed by atoms with Crippen LogP contribution in [-0.4, -0.2) is 42.9 Å². The van der Waals surface area contributed by atoms with E-state index >= 15 is 4.39 Å². The number of hydrogen-bond acceptors (Lipinski definition) is 5. The third-order valence-corrected chi connectivity index (χ3v) is 7.82. The van der Waals surface area contributed by atoms with Gasteiger partial charge in [0.05, 0.1) is 39.6 Å². The molecule has 1 aliphatic heterocycles. The Kier molecular flexibility index (Phi) is 6.04. The average molecular weight is 514 g/mol. The Morgan fingerprint density at radius 2 is 1.82 bits per heavy atom. The molecular weight excluding hydrogens is 481 g/mol. The van der Waals surface area contributed by atoms with Gasteiger partial charge in [-0.15, -0.1) is 5.10 Å². The van der Waals surface area contributed by atoms with E-state index < -0.39 is 5.60 Å². The molecule has 0 aliphatic carbocycles. The Balaban J connectivity index is 1.72. The zero-order chi connectivity index (χ0) is 26.6. The summed E-state index contributed by atoms with van der Waals surface area (Å²) in [5.74, 6) is -0.0370. The van der Waals surface area contributed by atoms with Gasteiger partial charge in [0.1, 0.15) is 5.82 Å². The smallest absolute Gasteiger partial charge is 0.133 e. The number of fused-ring (bicyclic) bond motifs is 3. The van der Waals surface area contributed by atoms with Crippen LogP contribution in [-0.2, 0) is 17.4 Å². The van der Waals surface area contributed by atoms with Crippen molar-refractivity contribution >= 4 is 21.9 Å². The molecule has 8 heteroatoms. The quantitative estimate of drug-likeness (QED) is 0.327. The maximum atomic E-state index is 15.8. The van der Waals surface area contributed by atoms with Crippen LogP contribution in [0.1, 0.15) is 49.6 Å². The summed E-state index contributed by atoms with van der Waals surface area (Å²) in [5, 5.41) is 19.9. The minimum Gasteiger partial charge on any atom is -0.386 e. The van der Waals surface area contributed by atoms with Crippen molar-refractivity contribution in [3.05, 3.63) is 77.4 Å². The van der Waals surface area contributed by atoms with Crippen LogP contribution in [0.2, 0.25) is 0 Å². The van der Waals surface area contributed by atoms with Gasteiger partial charge in [-0.05, 0) is 63.3 Å². The lowest BCUT2D eigenvalue weighted by molar-refractivity contribution is 0.0552. The number of benzene rings is 2. The second-order valence-electron chi connectivity index (χ2n) is 10.8. The Labute approximate surface area is 220 Å². The first-order chi connectivity index (χ1) is 18.2. The van der Waals surface area contributed by atoms with Gasteiger partial charge in [0, 0.05) is 43.0 Å². The molecule has 0 saturated carbocycles. The topological polar surface area (TPSA) is 78.0 Å². The van der Waals surface area contributed by atoms with Gasteiger partial charge in [0.25, 0.3) is 0 Å². The van der Waals surface area contributed by atoms with Crippen LogP contribution in [0.15, 0.2) is 54.7 Å². The van der Waals surface area contributed by atoms with Crippen molar-refractivity contribution in [1.29, 1.82) is 0 Å². The van der Waals surface area contributed by atoms with E-state index in [0.717, 1.165) is 29.3 Å². The van der Waals surface area contributed by atoms with Gasteiger partial charge in [-0.3, -0.25) is 4.98 Å². The highest BCUT2D eigenvalue weighted by Crippen LogP contribution is 2.42. The van der Waals surface area contributed by atoms with Crippen LogP contribution in [0.4, 0.5) is 4.39 Å². The summed E-state index contributed by atoms with van der Waals surface area (Å²) in [7, 11) is 1.78. The number of hydrogen-bond donors (Lipinski definition) is 1. The van der Waals surface area contributed by atoms with Crippen molar-refractivity contribution < 1.29 is 14.2 Å². The van der Waals surface area contributed by atoms with Gasteiger partial charge in [-0.1, -0.05) is 35.5 Å². The van der Waals surface area contributed by atoms with Crippen molar-refractivity contribution in [2.24, 2.45) is 13.0 Å². The number of rotatable bonds is 5. The molecule has 38 heavy (non-hydrogen) atoms. The van der Waals surface area contributed by atoms with Gasteiger partial charge in [-0.25, -0.2) is 9.07 Å². The van der Waals surface area contributed by atoms with E-state index in [0.29, 0.717) is 47.2 Å². The minimum absolute atomic E-state index is 0.0250. The molecule has 0 spiro atoms. The van der Waals surface area contributed by atoms with Crippen LogP contribution in [0.25, 0.3) is 33.2 Å². The second-order valence-corrected chi connectivity index (χ2v) is 10.8. The van der Waals surface area contributed by atoms with E-state index in [4.69, 9.17) is 9.72 Å². The fourth-order valence-corrected chi connectivity index (χ4v) is 5.88. The molecule has 6 rings (SSSR count). The Morgan fingerprint density at radius 1 is 1.08 bits per heavy atom. The molecule has 0 amide bonds. The number of pyridine rings is 1. The van der Waals surface area contributed by atoms with Crippen molar-refractivity contribution in [3.8, 4) is 11.3 Å². The molecule has 2 aromatic carbocycles. The predicted molar refractivity (Wildman–Crippen MR) is 145 cm³/mol. The number of nitrogens with zero attached hydrogens (tertiary/aromatic N) is 5. The van der Waals surface area contributed by atoms with Crippen molar-refractivity contribution in [3.63, 3.8) is 0 Å². The monoisotopic (exact) mass is 513 g/mol. The average Bonchev–Trinajstić information content (AvgIpc) is 3.40. The first kappa shape index (κ1) is 24.7. The zero-order valence-corrected chi connectivity index (χ0v) is 22.1. The minimum atomic E-state index is -1.07. The first-order valence-corrected chi connectivity index (χ1v) is 13.1. The van der Waals surface area contributed by atoms with Crippen LogP contribution in [0.5, 0.6) is 0 Å². The summed E-state index contributed by atoms with van der Waals surface area (Å²) in [4.78, 5) is 4.78. The van der Waals surface area contributed by atoms with Gasteiger partial charge >= 0.3 is 0 Å². The van der Waals surface area contributed by atoms with E-state index in [2.05, 4.69) is 39.1 Å². The molecular formula is C30H32FN5O2. The summed E-state index contributed by atoms with van der Waals surface area (Å²) in [5.41, 5.74) is 5.05. The SMILES string of the molecule is Cc1nnn(C)c1-c1cc2c(cc1F)c1ncc(C(C)(C)O)cc1n2C(c1ccccc1)C1CCOCC1. The summed E-state index contributed by atoms with van der Waals surface area (Å²) in [6.07, 6.45) is 3.52. The third-order valence-electron chi connectivity index (χ3n) is 7.82. The molecule has 1 unspecified atom stereocenters. The number of aromatic nitrogens is 5. The highest BCUT2D eigenvalue weighted by Gasteiger charge is 2.31. The molecule has 3 aromatic heterocycles. The first-order valence-electron chi connectivity index (χ1n) is 13.1. The molecule has 1 fully saturated rings. The summed E-state index contributed by atoms with van der Waals surface area (Å²) in [6, 6.07) is 15.9. The van der Waals surface area contributed by atoms with Crippen LogP contribution in [0.3, 0.4) is 0 Å². The maximum Gasteiger partial charge on any atom is 0.133 e. The summed E-state index contributed by atoms with van der Waals surface area (Å²) >= 11 is 0. The predicted octanol–water partition coefficient (Wildman–Crippen LogP) is 5.68. The van der Waals surface area contributed by atoms with Crippen molar-refractivity contribution in [2.45, 2.75) is 45.3 Å². The molecule has 0 radical (unpaired) electrons. The van der Waals surface area contributed by atoms with E-state index in [9.17, 15) is 5.11 Å². The molecule has 196 valence electrons. The van der Waals surface area contributed by atoms with Crippen molar-refractivity contribution in [2.75, 3.05) is 13.2 Å². The molecule has 1 atom stereocenters. The molecule has 0 bridgehead atoms. The fourth-order valence-electron chi connectivity index (χ4n) is 5.88. The van der Waals surface area contributed by atoms with Gasteiger partial charge < -0.3 is 14.4 Å². The number of ether oxygens (including phenoxy) is 1. The van der Waals surface area contributed by atoms with Crippen LogP contribution >= 0.6 is 0 Å². The molecule has 1 N–H and O–H groups in total. The lowest BCUT2D eigenvalue weighted by Gasteiger charge is -2.33. The molecule has 7 nitrogen and oxygen atoms in total. The van der Waals surface area contributed by atoms with E-state index in [1.165, 1.54) is 5.56 Å². The fraction of sp³-hybridized carbons (Fsp3) is 0.367. The molecule has 1 saturated heterocycles. The van der Waals surface area contributed by atoms with Crippen LogP contribution in [0, 0.1) is 18.7 Å². The number of halogens is 1. The largest absolute Gasteiger partial charge is 0.386 e. The highest BCUT2D eigenvalue weighted by molar-refractivity contribution is 6.07. The summed E-state index contributed by atoms with van der Waals surface area (Å²) < 4.78 is 25.4. The lowest BCUT2D eigenvalue weighted by atomic mass is 9.86. The van der Waals surface area contributed by atoms with E-state index in [1.54, 1.807) is 37.8 Å². The Morgan fingerprint density at radius 3 is 2.47 bits per heavy atom. The van der Waals surface area contributed by atoms with E-state index in [1.807, 2.05) is 25.1 Å². The Bertz CT molecular complexity index is 1610. The third kappa shape index (κ3) is 4.08. The van der Waals surface area contributed by atoms with Crippen LogP contribution < -0.4 is 0 Å². The number of aliphatic hydroxyl groups is 1. The Hall–Kier alpha value is -3.62. The van der Waals surface area contributed by atoms with Gasteiger partial charge in [0.15, 0.2) is 0 Å². The molecule has 1 aliphatic rings. The van der Waals surface area contributed by atoms with Gasteiger partial charge in [-0.2, -0.15) is 0 Å². The van der Waals surface area contributed by atoms with E-state index in [-0.39, 0.29) is 11.9 Å². The second kappa shape index (κ2) is 9.29. The standard InChI is InChI=1S/C30H32FN5O2/c1-18-28(35(4)34-33-18)22-16-25-23(15-24(22)31)27-26(14-21(17-32-27)30(2,3)37)36(25)29(19-8-6-5-7-9-19)20-10-12-38-13-11-20/h5-9,14-17,20,29,37H,10-13H2,1-4H3. The number of aryl methyl sites for hydroxylation is 2. The van der Waals surface area contributed by atoms with Gasteiger partial charge in [0.2, 0.25) is 0 Å². The van der Waals surface area contributed by atoms with Crippen molar-refractivity contribution in [1.82, 2.24) is 24.5 Å². The lowest BCUT2D eigenvalue weighted by Crippen LogP contribution is -2.27. The normalized spacial score (nSPS) is 15.9.